The topological polar surface area (TPSA) is 66.5 Å². The number of nitrogens with one attached hydrogen (secondary N) is 1. The monoisotopic (exact) mass is 440 g/mol. The van der Waals surface area contributed by atoms with Crippen LogP contribution in [0.3, 0.4) is 0 Å². The van der Waals surface area contributed by atoms with Crippen LogP contribution >= 0.6 is 11.8 Å². The van der Waals surface area contributed by atoms with Crippen molar-refractivity contribution in [1.82, 2.24) is 4.31 Å². The number of halogens is 2. The predicted molar refractivity (Wildman–Crippen MR) is 113 cm³/mol. The van der Waals surface area contributed by atoms with E-state index in [2.05, 4.69) is 5.32 Å². The third-order valence-electron chi connectivity index (χ3n) is 4.00. The molecule has 2 aromatic rings. The van der Waals surface area contributed by atoms with Crippen molar-refractivity contribution >= 4 is 39.5 Å². The predicted octanol–water partition coefficient (Wildman–Crippen LogP) is 4.68. The van der Waals surface area contributed by atoms with Crippen molar-refractivity contribution in [3.8, 4) is 0 Å². The molecule has 0 unspecified atom stereocenters. The Morgan fingerprint density at radius 2 is 1.66 bits per heavy atom. The molecule has 2 aromatic carbocycles. The lowest BCUT2D eigenvalue weighted by atomic mass is 10.2. The smallest absolute Gasteiger partial charge is 0.288 e. The van der Waals surface area contributed by atoms with Gasteiger partial charge in [0.05, 0.1) is 4.90 Å². The largest absolute Gasteiger partial charge is 0.323 e. The number of amides is 1. The molecule has 0 spiro atoms. The van der Waals surface area contributed by atoms with E-state index in [1.807, 2.05) is 0 Å². The summed E-state index contributed by atoms with van der Waals surface area (Å²) in [6.45, 7) is 4.34. The zero-order chi connectivity index (χ0) is 21.4. The fourth-order valence-corrected chi connectivity index (χ4v) is 4.50. The van der Waals surface area contributed by atoms with Crippen molar-refractivity contribution in [2.75, 3.05) is 18.4 Å². The SMILES string of the molecule is CCN(CC)S(=O)(=O)c1ccc(/C=C/C(=O)Nc2ccc(SC(F)F)cc2)cc1. The van der Waals surface area contributed by atoms with Crippen LogP contribution in [0, 0.1) is 0 Å². The summed E-state index contributed by atoms with van der Waals surface area (Å²) in [5, 5.41) is 2.63. The van der Waals surface area contributed by atoms with Gasteiger partial charge in [0, 0.05) is 29.7 Å². The first-order valence-electron chi connectivity index (χ1n) is 8.90. The van der Waals surface area contributed by atoms with E-state index < -0.39 is 15.8 Å². The van der Waals surface area contributed by atoms with Crippen LogP contribution in [-0.2, 0) is 14.8 Å². The number of carbonyl (C=O) groups is 1. The number of rotatable bonds is 9. The van der Waals surface area contributed by atoms with E-state index in [0.29, 0.717) is 41.0 Å². The third kappa shape index (κ3) is 6.66. The summed E-state index contributed by atoms with van der Waals surface area (Å²) in [7, 11) is -3.52. The number of anilines is 1. The summed E-state index contributed by atoms with van der Waals surface area (Å²) in [6, 6.07) is 12.4. The lowest BCUT2D eigenvalue weighted by Crippen LogP contribution is -2.30. The van der Waals surface area contributed by atoms with Crippen molar-refractivity contribution < 1.29 is 22.0 Å². The van der Waals surface area contributed by atoms with Gasteiger partial charge in [0.1, 0.15) is 0 Å². The zero-order valence-corrected chi connectivity index (χ0v) is 17.6. The molecule has 0 aliphatic rings. The molecular weight excluding hydrogens is 418 g/mol. The van der Waals surface area contributed by atoms with E-state index in [-0.39, 0.29) is 10.8 Å². The molecule has 0 fully saturated rings. The second-order valence-electron chi connectivity index (χ2n) is 5.88. The van der Waals surface area contributed by atoms with Crippen LogP contribution in [0.15, 0.2) is 64.4 Å². The minimum Gasteiger partial charge on any atom is -0.323 e. The molecule has 0 radical (unpaired) electrons. The summed E-state index contributed by atoms with van der Waals surface area (Å²) in [5.41, 5.74) is 1.15. The van der Waals surface area contributed by atoms with Gasteiger partial charge in [-0.1, -0.05) is 37.7 Å². The lowest BCUT2D eigenvalue weighted by molar-refractivity contribution is -0.111. The first-order valence-corrected chi connectivity index (χ1v) is 11.2. The van der Waals surface area contributed by atoms with Gasteiger partial charge in [0.25, 0.3) is 5.76 Å². The number of thioether (sulfide) groups is 1. The van der Waals surface area contributed by atoms with Gasteiger partial charge in [0.15, 0.2) is 0 Å². The second kappa shape index (κ2) is 10.5. The average molecular weight is 441 g/mol. The maximum absolute atomic E-state index is 12.5. The van der Waals surface area contributed by atoms with Crippen LogP contribution < -0.4 is 5.32 Å². The summed E-state index contributed by atoms with van der Waals surface area (Å²) < 4.78 is 50.9. The van der Waals surface area contributed by atoms with Crippen LogP contribution in [0.2, 0.25) is 0 Å². The average Bonchev–Trinajstić information content (AvgIpc) is 2.68. The molecule has 0 bridgehead atoms. The number of hydrogen-bond acceptors (Lipinski definition) is 4. The Hall–Kier alpha value is -2.23. The molecule has 0 aromatic heterocycles. The normalized spacial score (nSPS) is 12.1. The molecule has 5 nitrogen and oxygen atoms in total. The van der Waals surface area contributed by atoms with Gasteiger partial charge in [-0.2, -0.15) is 13.1 Å². The Morgan fingerprint density at radius 3 is 2.17 bits per heavy atom. The molecule has 1 N–H and O–H groups in total. The number of hydrogen-bond donors (Lipinski definition) is 1. The Balaban J connectivity index is 2.00. The van der Waals surface area contributed by atoms with Crippen molar-refractivity contribution in [2.24, 2.45) is 0 Å². The Bertz CT molecular complexity index is 941. The van der Waals surface area contributed by atoms with Crippen molar-refractivity contribution in [1.29, 1.82) is 0 Å². The Morgan fingerprint density at radius 1 is 1.07 bits per heavy atom. The van der Waals surface area contributed by atoms with E-state index in [1.54, 1.807) is 44.2 Å². The van der Waals surface area contributed by atoms with E-state index in [9.17, 15) is 22.0 Å². The van der Waals surface area contributed by atoms with Crippen LogP contribution in [-0.4, -0.2) is 37.5 Å². The molecule has 29 heavy (non-hydrogen) atoms. The van der Waals surface area contributed by atoms with Gasteiger partial charge in [0.2, 0.25) is 15.9 Å². The highest BCUT2D eigenvalue weighted by Crippen LogP contribution is 2.26. The zero-order valence-electron chi connectivity index (χ0n) is 16.0. The molecule has 0 aliphatic carbocycles. The lowest BCUT2D eigenvalue weighted by Gasteiger charge is -2.18. The molecular formula is C20H22F2N2O3S2. The van der Waals surface area contributed by atoms with Gasteiger partial charge in [-0.05, 0) is 48.0 Å². The first kappa shape index (κ1) is 23.1. The molecule has 0 atom stereocenters. The maximum atomic E-state index is 12.5. The molecule has 1 amide bonds. The van der Waals surface area contributed by atoms with E-state index in [1.165, 1.54) is 34.6 Å². The van der Waals surface area contributed by atoms with Crippen molar-refractivity contribution in [3.63, 3.8) is 0 Å². The van der Waals surface area contributed by atoms with E-state index in [4.69, 9.17) is 0 Å². The Labute approximate surface area is 173 Å². The van der Waals surface area contributed by atoms with E-state index >= 15 is 0 Å². The molecule has 156 valence electrons. The number of benzene rings is 2. The highest BCUT2D eigenvalue weighted by Gasteiger charge is 2.20. The third-order valence-corrected chi connectivity index (χ3v) is 6.78. The van der Waals surface area contributed by atoms with Crippen LogP contribution in [0.1, 0.15) is 19.4 Å². The quantitative estimate of drug-likeness (QED) is 0.454. The minimum absolute atomic E-state index is 0.199. The second-order valence-corrected chi connectivity index (χ2v) is 8.89. The van der Waals surface area contributed by atoms with Crippen molar-refractivity contribution in [2.45, 2.75) is 29.4 Å². The molecule has 0 aliphatic heterocycles. The van der Waals surface area contributed by atoms with Gasteiger partial charge in [-0.3, -0.25) is 4.79 Å². The maximum Gasteiger partial charge on any atom is 0.288 e. The van der Waals surface area contributed by atoms with Crippen LogP contribution in [0.4, 0.5) is 14.5 Å². The molecule has 2 rings (SSSR count). The summed E-state index contributed by atoms with van der Waals surface area (Å²) in [6.07, 6.45) is 2.87. The minimum atomic E-state index is -3.52. The standard InChI is InChI=1S/C20H22F2N2O3S2/c1-3-24(4-2)29(26,27)18-12-5-15(6-13-18)7-14-19(25)23-16-8-10-17(11-9-16)28-20(21)22/h5-14,20H,3-4H2,1-2H3,(H,23,25)/b14-7+. The first-order chi connectivity index (χ1) is 13.8. The van der Waals surface area contributed by atoms with Gasteiger partial charge in [-0.25, -0.2) is 8.42 Å². The van der Waals surface area contributed by atoms with Gasteiger partial charge in [-0.15, -0.1) is 0 Å². The number of alkyl halides is 2. The highest BCUT2D eigenvalue weighted by atomic mass is 32.2. The Kier molecular flexibility index (Phi) is 8.36. The number of nitrogens with zero attached hydrogens (tertiary/aromatic N) is 1. The fraction of sp³-hybridized carbons (Fsp3) is 0.250. The summed E-state index contributed by atoms with van der Waals surface area (Å²) in [5.74, 6) is -2.88. The summed E-state index contributed by atoms with van der Waals surface area (Å²) in [4.78, 5) is 12.6. The van der Waals surface area contributed by atoms with Gasteiger partial charge < -0.3 is 5.32 Å². The van der Waals surface area contributed by atoms with Crippen molar-refractivity contribution in [3.05, 3.63) is 60.2 Å². The fourth-order valence-electron chi connectivity index (χ4n) is 2.54. The highest BCUT2D eigenvalue weighted by molar-refractivity contribution is 7.99. The summed E-state index contributed by atoms with van der Waals surface area (Å²) >= 11 is 0.435. The molecule has 0 saturated heterocycles. The van der Waals surface area contributed by atoms with E-state index in [0.717, 1.165) is 0 Å². The molecule has 9 heteroatoms. The molecule has 0 heterocycles. The number of carbonyl (C=O) groups excluding carboxylic acids is 1. The van der Waals surface area contributed by atoms with Gasteiger partial charge >= 0.3 is 0 Å². The van der Waals surface area contributed by atoms with Crippen LogP contribution in [0.5, 0.6) is 0 Å². The molecule has 0 saturated carbocycles. The number of sulfonamides is 1. The van der Waals surface area contributed by atoms with Crippen LogP contribution in [0.25, 0.3) is 6.08 Å².